The molecular weight excluding hydrogens is 360 g/mol. The third kappa shape index (κ3) is 4.66. The number of hydrogen-bond donors (Lipinski definition) is 2. The number of hydrogen-bond acceptors (Lipinski definition) is 5. The molecule has 1 aliphatic heterocycles. The summed E-state index contributed by atoms with van der Waals surface area (Å²) < 4.78 is 26.4. The minimum atomic E-state index is -0.846. The van der Waals surface area contributed by atoms with Crippen LogP contribution in [0.25, 0.3) is 0 Å². The van der Waals surface area contributed by atoms with Gasteiger partial charge in [-0.1, -0.05) is 18.3 Å². The number of benzene rings is 1. The Labute approximate surface area is 154 Å². The Morgan fingerprint density at radius 2 is 2.19 bits per heavy atom. The first-order chi connectivity index (χ1) is 12.5. The van der Waals surface area contributed by atoms with E-state index in [2.05, 4.69) is 27.8 Å². The molecule has 0 saturated carbocycles. The maximum atomic E-state index is 13.4. The van der Waals surface area contributed by atoms with Gasteiger partial charge in [0, 0.05) is 37.8 Å². The Bertz CT molecular complexity index is 769. The lowest BCUT2D eigenvalue weighted by Crippen LogP contribution is -2.34. The lowest BCUT2D eigenvalue weighted by atomic mass is 10.1. The molecule has 1 unspecified atom stereocenters. The van der Waals surface area contributed by atoms with Crippen molar-refractivity contribution in [3.63, 3.8) is 0 Å². The highest BCUT2D eigenvalue weighted by molar-refractivity contribution is 7.15. The predicted octanol–water partition coefficient (Wildman–Crippen LogP) is 3.42. The molecule has 0 spiro atoms. The van der Waals surface area contributed by atoms with Crippen LogP contribution in [0.5, 0.6) is 0 Å². The second-order valence-corrected chi connectivity index (χ2v) is 7.35. The van der Waals surface area contributed by atoms with Crippen molar-refractivity contribution >= 4 is 28.2 Å². The summed E-state index contributed by atoms with van der Waals surface area (Å²) in [7, 11) is 0. The van der Waals surface area contributed by atoms with Crippen molar-refractivity contribution in [2.45, 2.75) is 26.2 Å². The number of halogens is 2. The van der Waals surface area contributed by atoms with Crippen molar-refractivity contribution in [1.82, 2.24) is 15.5 Å². The van der Waals surface area contributed by atoms with Crippen molar-refractivity contribution in [1.29, 1.82) is 0 Å². The van der Waals surface area contributed by atoms with E-state index >= 15 is 0 Å². The molecule has 140 valence electrons. The summed E-state index contributed by atoms with van der Waals surface area (Å²) in [6.07, 6.45) is 2.71. The zero-order valence-electron chi connectivity index (χ0n) is 14.5. The highest BCUT2D eigenvalue weighted by Crippen LogP contribution is 2.25. The van der Waals surface area contributed by atoms with E-state index in [4.69, 9.17) is 0 Å². The lowest BCUT2D eigenvalue weighted by Gasteiger charge is -2.19. The number of aryl methyl sites for hydroxylation is 1. The first-order valence-corrected chi connectivity index (χ1v) is 9.44. The number of urea groups is 1. The maximum Gasteiger partial charge on any atom is 0.321 e. The zero-order chi connectivity index (χ0) is 18.5. The molecule has 2 aromatic rings. The van der Waals surface area contributed by atoms with Gasteiger partial charge in [0.15, 0.2) is 11.6 Å². The number of aromatic nitrogens is 2. The zero-order valence-corrected chi connectivity index (χ0v) is 15.3. The number of nitrogens with zero attached hydrogens (tertiary/aromatic N) is 3. The summed E-state index contributed by atoms with van der Waals surface area (Å²) in [6.45, 7) is 4.00. The van der Waals surface area contributed by atoms with E-state index in [1.54, 1.807) is 6.07 Å². The number of nitrogens with one attached hydrogen (secondary N) is 2. The van der Waals surface area contributed by atoms with Gasteiger partial charge in [0.1, 0.15) is 5.01 Å². The van der Waals surface area contributed by atoms with Gasteiger partial charge in [-0.3, -0.25) is 5.32 Å². The number of carbonyl (C=O) groups is 1. The van der Waals surface area contributed by atoms with Gasteiger partial charge in [-0.2, -0.15) is 0 Å². The van der Waals surface area contributed by atoms with Gasteiger partial charge in [0.2, 0.25) is 5.13 Å². The Morgan fingerprint density at radius 1 is 1.35 bits per heavy atom. The third-order valence-corrected chi connectivity index (χ3v) is 5.16. The fraction of sp³-hybridized carbons (Fsp3) is 0.471. The summed E-state index contributed by atoms with van der Waals surface area (Å²) in [4.78, 5) is 14.0. The van der Waals surface area contributed by atoms with Crippen LogP contribution in [0.4, 0.5) is 24.4 Å². The highest BCUT2D eigenvalue weighted by atomic mass is 32.1. The summed E-state index contributed by atoms with van der Waals surface area (Å²) in [6, 6.07) is 3.61. The van der Waals surface area contributed by atoms with Crippen LogP contribution in [-0.4, -0.2) is 35.9 Å². The highest BCUT2D eigenvalue weighted by Gasteiger charge is 2.24. The molecule has 0 radical (unpaired) electrons. The molecule has 1 fully saturated rings. The predicted molar refractivity (Wildman–Crippen MR) is 97.6 cm³/mol. The average molecular weight is 381 g/mol. The molecule has 3 rings (SSSR count). The molecule has 6 nitrogen and oxygen atoms in total. The van der Waals surface area contributed by atoms with Crippen LogP contribution in [-0.2, 0) is 6.42 Å². The van der Waals surface area contributed by atoms with Crippen molar-refractivity contribution in [2.75, 3.05) is 29.9 Å². The Morgan fingerprint density at radius 3 is 2.96 bits per heavy atom. The third-order valence-electron chi connectivity index (χ3n) is 4.26. The molecule has 1 aromatic heterocycles. The Hall–Kier alpha value is -2.29. The van der Waals surface area contributed by atoms with E-state index in [0.717, 1.165) is 36.9 Å². The van der Waals surface area contributed by atoms with Crippen LogP contribution >= 0.6 is 11.3 Å². The summed E-state index contributed by atoms with van der Waals surface area (Å²) in [5, 5.41) is 14.9. The largest absolute Gasteiger partial charge is 0.371 e. The first kappa shape index (κ1) is 18.5. The van der Waals surface area contributed by atoms with Gasteiger partial charge in [0.05, 0.1) is 0 Å². The molecule has 1 saturated heterocycles. The minimum absolute atomic E-state index is 0.249. The quantitative estimate of drug-likeness (QED) is 0.804. The number of anilines is 2. The van der Waals surface area contributed by atoms with Crippen molar-refractivity contribution in [3.05, 3.63) is 34.8 Å². The van der Waals surface area contributed by atoms with Crippen molar-refractivity contribution in [3.8, 4) is 0 Å². The molecule has 1 aromatic carbocycles. The fourth-order valence-corrected chi connectivity index (χ4v) is 3.75. The van der Waals surface area contributed by atoms with E-state index in [1.165, 1.54) is 17.4 Å². The average Bonchev–Trinajstić information content (AvgIpc) is 3.25. The van der Waals surface area contributed by atoms with Gasteiger partial charge >= 0.3 is 6.03 Å². The van der Waals surface area contributed by atoms with Gasteiger partial charge in [0.25, 0.3) is 0 Å². The molecular formula is C17H21F2N5OS. The lowest BCUT2D eigenvalue weighted by molar-refractivity contribution is 0.250. The van der Waals surface area contributed by atoms with Gasteiger partial charge in [-0.05, 0) is 30.9 Å². The van der Waals surface area contributed by atoms with Crippen molar-refractivity contribution < 1.29 is 13.6 Å². The minimum Gasteiger partial charge on any atom is -0.371 e. The smallest absolute Gasteiger partial charge is 0.321 e. The number of rotatable bonds is 6. The molecule has 0 bridgehead atoms. The standard InChI is InChI=1S/C17H21F2N5OS/c1-2-3-15-22-23-17(26-15)21-16(25)20-9-11-6-7-24(10-11)12-4-5-13(18)14(19)8-12/h4-5,8,11H,2-3,6-7,9-10H2,1H3,(H2,20,21,23,25). The van der Waals surface area contributed by atoms with Crippen LogP contribution in [0.1, 0.15) is 24.8 Å². The van der Waals surface area contributed by atoms with E-state index in [9.17, 15) is 13.6 Å². The summed E-state index contributed by atoms with van der Waals surface area (Å²) in [5.74, 6) is -1.44. The number of carbonyl (C=O) groups excluding carboxylic acids is 1. The normalized spacial score (nSPS) is 16.7. The summed E-state index contributed by atoms with van der Waals surface area (Å²) in [5.41, 5.74) is 0.660. The van der Waals surface area contributed by atoms with Crippen LogP contribution in [0.15, 0.2) is 18.2 Å². The molecule has 2 N–H and O–H groups in total. The first-order valence-electron chi connectivity index (χ1n) is 8.62. The van der Waals surface area contributed by atoms with Gasteiger partial charge in [-0.25, -0.2) is 13.6 Å². The van der Waals surface area contributed by atoms with Gasteiger partial charge < -0.3 is 10.2 Å². The molecule has 2 heterocycles. The van der Waals surface area contributed by atoms with E-state index < -0.39 is 11.6 Å². The monoisotopic (exact) mass is 381 g/mol. The van der Waals surface area contributed by atoms with Crippen molar-refractivity contribution in [2.24, 2.45) is 5.92 Å². The SMILES string of the molecule is CCCc1nnc(NC(=O)NCC2CCN(c3ccc(F)c(F)c3)C2)s1. The molecule has 2 amide bonds. The molecule has 1 aliphatic rings. The molecule has 26 heavy (non-hydrogen) atoms. The second-order valence-electron chi connectivity index (χ2n) is 6.29. The Balaban J connectivity index is 1.45. The van der Waals surface area contributed by atoms with Crippen LogP contribution < -0.4 is 15.5 Å². The van der Waals surface area contributed by atoms with Gasteiger partial charge in [-0.15, -0.1) is 10.2 Å². The van der Waals surface area contributed by atoms with E-state index in [-0.39, 0.29) is 11.9 Å². The second kappa shape index (κ2) is 8.39. The molecule has 1 atom stereocenters. The van der Waals surface area contributed by atoms with E-state index in [0.29, 0.717) is 23.9 Å². The summed E-state index contributed by atoms with van der Waals surface area (Å²) >= 11 is 1.38. The maximum absolute atomic E-state index is 13.4. The molecule has 9 heteroatoms. The molecule has 0 aliphatic carbocycles. The van der Waals surface area contributed by atoms with Crippen LogP contribution in [0.2, 0.25) is 0 Å². The fourth-order valence-electron chi connectivity index (χ4n) is 2.91. The topological polar surface area (TPSA) is 70.1 Å². The van der Waals surface area contributed by atoms with E-state index in [1.807, 2.05) is 4.90 Å². The van der Waals surface area contributed by atoms with Crippen LogP contribution in [0, 0.1) is 17.6 Å². The Kier molecular flexibility index (Phi) is 5.97. The van der Waals surface area contributed by atoms with Crippen LogP contribution in [0.3, 0.4) is 0 Å². The number of amides is 2.